The third kappa shape index (κ3) is 5.28. The number of phenols is 1. The Balaban J connectivity index is 1.65. The summed E-state index contributed by atoms with van der Waals surface area (Å²) in [5.41, 5.74) is 7.08. The molecule has 3 rings (SSSR count). The Hall–Kier alpha value is -4.20. The number of nitrogens with two attached hydrogens (primary N) is 1. The number of ketones is 1. The summed E-state index contributed by atoms with van der Waals surface area (Å²) in [5.74, 6) is 1.37. The number of carbonyl (C=O) groups is 2. The summed E-state index contributed by atoms with van der Waals surface area (Å²) in [6.07, 6.45) is 0.0633. The standard InChI is InChI=1S/C24H24N2O6/c1-30-20-11-10-17(14-22(20)31-2)32-21-5-3-4-18(23(21)25)19(28)12-13-26-24(29)15-6-8-16(27)9-7-15/h3-11,14,27H,12-13,25H2,1-2H3,(H,26,29). The van der Waals surface area contributed by atoms with E-state index in [1.807, 2.05) is 0 Å². The van der Waals surface area contributed by atoms with Crippen LogP contribution in [0.1, 0.15) is 27.1 Å². The van der Waals surface area contributed by atoms with Crippen molar-refractivity contribution in [3.8, 4) is 28.7 Å². The topological polar surface area (TPSA) is 120 Å². The average Bonchev–Trinajstić information content (AvgIpc) is 2.80. The summed E-state index contributed by atoms with van der Waals surface area (Å²) in [6, 6.07) is 15.9. The molecule has 0 fully saturated rings. The van der Waals surface area contributed by atoms with Crippen LogP contribution in [0.3, 0.4) is 0 Å². The number of hydrogen-bond donors (Lipinski definition) is 3. The predicted octanol–water partition coefficient (Wildman–Crippen LogP) is 3.79. The number of phenolic OH excluding ortho intramolecular Hbond substituents is 1. The van der Waals surface area contributed by atoms with E-state index in [0.717, 1.165) is 0 Å². The van der Waals surface area contributed by atoms with Crippen LogP contribution in [0.5, 0.6) is 28.7 Å². The van der Waals surface area contributed by atoms with Gasteiger partial charge >= 0.3 is 0 Å². The van der Waals surface area contributed by atoms with Crippen LogP contribution in [0.2, 0.25) is 0 Å². The van der Waals surface area contributed by atoms with Crippen LogP contribution in [-0.4, -0.2) is 37.6 Å². The van der Waals surface area contributed by atoms with Gasteiger partial charge in [0.05, 0.1) is 19.9 Å². The predicted molar refractivity (Wildman–Crippen MR) is 120 cm³/mol. The molecule has 0 heterocycles. The lowest BCUT2D eigenvalue weighted by atomic mass is 10.1. The van der Waals surface area contributed by atoms with Gasteiger partial charge in [-0.3, -0.25) is 9.59 Å². The molecule has 32 heavy (non-hydrogen) atoms. The highest BCUT2D eigenvalue weighted by Gasteiger charge is 2.15. The maximum Gasteiger partial charge on any atom is 0.251 e. The van der Waals surface area contributed by atoms with Gasteiger partial charge in [0.2, 0.25) is 0 Å². The third-order valence-electron chi connectivity index (χ3n) is 4.72. The van der Waals surface area contributed by atoms with Crippen molar-refractivity contribution in [1.29, 1.82) is 0 Å². The summed E-state index contributed by atoms with van der Waals surface area (Å²) < 4.78 is 16.3. The fraction of sp³-hybridized carbons (Fsp3) is 0.167. The van der Waals surface area contributed by atoms with Crippen molar-refractivity contribution in [1.82, 2.24) is 5.32 Å². The molecule has 0 bridgehead atoms. The number of amides is 1. The van der Waals surface area contributed by atoms with E-state index in [1.54, 1.807) is 43.5 Å². The molecule has 0 atom stereocenters. The first-order valence-electron chi connectivity index (χ1n) is 9.81. The molecule has 3 aromatic rings. The number of aromatic hydroxyl groups is 1. The van der Waals surface area contributed by atoms with Gasteiger partial charge in [-0.25, -0.2) is 0 Å². The fourth-order valence-corrected chi connectivity index (χ4v) is 3.02. The number of carbonyl (C=O) groups excluding carboxylic acids is 2. The first kappa shape index (κ1) is 22.5. The molecule has 0 aliphatic carbocycles. The number of benzene rings is 3. The average molecular weight is 436 g/mol. The Labute approximate surface area is 185 Å². The van der Waals surface area contributed by atoms with Crippen LogP contribution in [0.4, 0.5) is 5.69 Å². The van der Waals surface area contributed by atoms with Crippen molar-refractivity contribution in [2.24, 2.45) is 0 Å². The molecule has 0 spiro atoms. The number of methoxy groups -OCH3 is 2. The molecule has 8 nitrogen and oxygen atoms in total. The minimum atomic E-state index is -0.337. The molecule has 3 aromatic carbocycles. The van der Waals surface area contributed by atoms with Gasteiger partial charge in [-0.1, -0.05) is 6.07 Å². The Kier molecular flexibility index (Phi) is 7.17. The van der Waals surface area contributed by atoms with Gasteiger partial charge in [0.25, 0.3) is 5.91 Å². The summed E-state index contributed by atoms with van der Waals surface area (Å²) in [6.45, 7) is 0.138. The first-order chi connectivity index (χ1) is 15.4. The van der Waals surface area contributed by atoms with Crippen LogP contribution in [0.25, 0.3) is 0 Å². The van der Waals surface area contributed by atoms with Crippen molar-refractivity contribution in [2.45, 2.75) is 6.42 Å². The number of rotatable bonds is 9. The highest BCUT2D eigenvalue weighted by molar-refractivity contribution is 6.02. The lowest BCUT2D eigenvalue weighted by molar-refractivity contribution is 0.0940. The molecule has 4 N–H and O–H groups in total. The van der Waals surface area contributed by atoms with Gasteiger partial charge in [0, 0.05) is 30.2 Å². The number of nitrogens with one attached hydrogen (secondary N) is 1. The monoisotopic (exact) mass is 436 g/mol. The van der Waals surface area contributed by atoms with Crippen LogP contribution in [0.15, 0.2) is 60.7 Å². The van der Waals surface area contributed by atoms with Gasteiger partial charge in [-0.15, -0.1) is 0 Å². The van der Waals surface area contributed by atoms with Crippen LogP contribution in [0, 0.1) is 0 Å². The van der Waals surface area contributed by atoms with Crippen molar-refractivity contribution >= 4 is 17.4 Å². The van der Waals surface area contributed by atoms with Crippen molar-refractivity contribution in [3.63, 3.8) is 0 Å². The van der Waals surface area contributed by atoms with Gasteiger partial charge in [0.1, 0.15) is 11.5 Å². The Morgan fingerprint density at radius 1 is 0.938 bits per heavy atom. The number of para-hydroxylation sites is 1. The van der Waals surface area contributed by atoms with E-state index >= 15 is 0 Å². The van der Waals surface area contributed by atoms with E-state index in [-0.39, 0.29) is 36.1 Å². The molecule has 0 saturated heterocycles. The molecule has 0 saturated carbocycles. The molecule has 0 aliphatic heterocycles. The number of hydrogen-bond acceptors (Lipinski definition) is 7. The van der Waals surface area contributed by atoms with Crippen LogP contribution in [-0.2, 0) is 0 Å². The molecular formula is C24H24N2O6. The Morgan fingerprint density at radius 3 is 2.34 bits per heavy atom. The molecule has 166 valence electrons. The van der Waals surface area contributed by atoms with E-state index in [2.05, 4.69) is 5.32 Å². The van der Waals surface area contributed by atoms with E-state index < -0.39 is 0 Å². The van der Waals surface area contributed by atoms with E-state index in [1.165, 1.54) is 31.4 Å². The number of Topliss-reactive ketones (excluding diaryl/α,β-unsaturated/α-hetero) is 1. The summed E-state index contributed by atoms with van der Waals surface area (Å²) in [5, 5.41) is 12.0. The van der Waals surface area contributed by atoms with Crippen molar-refractivity contribution < 1.29 is 28.9 Å². The Bertz CT molecular complexity index is 1110. The second kappa shape index (κ2) is 10.2. The maximum atomic E-state index is 12.7. The third-order valence-corrected chi connectivity index (χ3v) is 4.72. The van der Waals surface area contributed by atoms with Gasteiger partial charge < -0.3 is 30.4 Å². The maximum absolute atomic E-state index is 12.7. The number of nitrogen functional groups attached to an aromatic ring is 1. The van der Waals surface area contributed by atoms with Crippen LogP contribution < -0.4 is 25.3 Å². The lowest BCUT2D eigenvalue weighted by Crippen LogP contribution is -2.26. The lowest BCUT2D eigenvalue weighted by Gasteiger charge is -2.14. The van der Waals surface area contributed by atoms with Gasteiger partial charge in [-0.2, -0.15) is 0 Å². The molecule has 0 unspecified atom stereocenters. The van der Waals surface area contributed by atoms with Gasteiger partial charge in [0.15, 0.2) is 23.0 Å². The van der Waals surface area contributed by atoms with E-state index in [9.17, 15) is 14.7 Å². The zero-order chi connectivity index (χ0) is 23.1. The number of anilines is 1. The van der Waals surface area contributed by atoms with E-state index in [4.69, 9.17) is 19.9 Å². The minimum absolute atomic E-state index is 0.0633. The normalized spacial score (nSPS) is 10.3. The number of ether oxygens (including phenoxy) is 3. The first-order valence-corrected chi connectivity index (χ1v) is 9.81. The summed E-state index contributed by atoms with van der Waals surface area (Å²) >= 11 is 0. The second-order valence-electron chi connectivity index (χ2n) is 6.81. The van der Waals surface area contributed by atoms with E-state index in [0.29, 0.717) is 34.1 Å². The summed E-state index contributed by atoms with van der Waals surface area (Å²) in [4.78, 5) is 24.8. The zero-order valence-electron chi connectivity index (χ0n) is 17.8. The summed E-state index contributed by atoms with van der Waals surface area (Å²) in [7, 11) is 3.06. The highest BCUT2D eigenvalue weighted by Crippen LogP contribution is 2.35. The van der Waals surface area contributed by atoms with Crippen LogP contribution >= 0.6 is 0 Å². The Morgan fingerprint density at radius 2 is 1.66 bits per heavy atom. The smallest absolute Gasteiger partial charge is 0.251 e. The van der Waals surface area contributed by atoms with Crippen molar-refractivity contribution in [3.05, 3.63) is 71.8 Å². The van der Waals surface area contributed by atoms with Crippen molar-refractivity contribution in [2.75, 3.05) is 26.5 Å². The molecule has 8 heteroatoms. The molecule has 0 aromatic heterocycles. The fourth-order valence-electron chi connectivity index (χ4n) is 3.02. The van der Waals surface area contributed by atoms with Gasteiger partial charge in [-0.05, 0) is 48.5 Å². The minimum Gasteiger partial charge on any atom is -0.508 e. The zero-order valence-corrected chi connectivity index (χ0v) is 17.8. The largest absolute Gasteiger partial charge is 0.508 e. The highest BCUT2D eigenvalue weighted by atomic mass is 16.5. The molecule has 0 aliphatic rings. The SMILES string of the molecule is COc1ccc(Oc2cccc(C(=O)CCNC(=O)c3ccc(O)cc3)c2N)cc1OC. The molecule has 0 radical (unpaired) electrons. The molecule has 1 amide bonds. The molecular weight excluding hydrogens is 412 g/mol. The quantitative estimate of drug-likeness (QED) is 0.345. The second-order valence-corrected chi connectivity index (χ2v) is 6.81.